The predicted octanol–water partition coefficient (Wildman–Crippen LogP) is 4.54. The molecule has 0 aliphatic heterocycles. The zero-order valence-electron chi connectivity index (χ0n) is 13.2. The van der Waals surface area contributed by atoms with E-state index < -0.39 is 6.04 Å². The molecule has 2 aromatic carbocycles. The van der Waals surface area contributed by atoms with Gasteiger partial charge in [0.05, 0.1) is 16.8 Å². The third kappa shape index (κ3) is 4.04. The molecule has 1 atom stereocenters. The van der Waals surface area contributed by atoms with Crippen molar-refractivity contribution in [2.45, 2.75) is 19.4 Å². The van der Waals surface area contributed by atoms with Crippen LogP contribution in [-0.4, -0.2) is 23.6 Å². The maximum Gasteiger partial charge on any atom is 0.328 e. The lowest BCUT2D eigenvalue weighted by atomic mass is 10.1. The monoisotopic (exact) mass is 360 g/mol. The number of carbonyl (C=O) groups is 1. The van der Waals surface area contributed by atoms with Gasteiger partial charge in [-0.25, -0.2) is 9.78 Å². The van der Waals surface area contributed by atoms with Crippen molar-refractivity contribution >= 4 is 44.3 Å². The Morgan fingerprint density at radius 1 is 1.25 bits per heavy atom. The largest absolute Gasteiger partial charge is 0.464 e. The highest BCUT2D eigenvalue weighted by Crippen LogP contribution is 2.26. The number of anilines is 1. The van der Waals surface area contributed by atoms with E-state index in [1.54, 1.807) is 6.92 Å². The van der Waals surface area contributed by atoms with Crippen LogP contribution in [0.25, 0.3) is 10.2 Å². The Morgan fingerprint density at radius 3 is 2.71 bits per heavy atom. The first kappa shape index (κ1) is 16.7. The second kappa shape index (κ2) is 7.64. The number of thiazole rings is 1. The molecular formula is C18H17ClN2O2S. The number of carbonyl (C=O) groups excluding carboxylic acids is 1. The second-order valence-corrected chi connectivity index (χ2v) is 6.73. The van der Waals surface area contributed by atoms with Gasteiger partial charge in [-0.3, -0.25) is 0 Å². The van der Waals surface area contributed by atoms with Crippen molar-refractivity contribution in [2.24, 2.45) is 0 Å². The molecule has 0 aliphatic carbocycles. The van der Waals surface area contributed by atoms with Gasteiger partial charge in [-0.05, 0) is 36.8 Å². The fourth-order valence-electron chi connectivity index (χ4n) is 2.38. The van der Waals surface area contributed by atoms with Crippen LogP contribution in [0.2, 0.25) is 5.02 Å². The van der Waals surface area contributed by atoms with E-state index in [0.717, 1.165) is 15.8 Å². The van der Waals surface area contributed by atoms with E-state index in [-0.39, 0.29) is 5.97 Å². The van der Waals surface area contributed by atoms with Crippen molar-refractivity contribution in [1.29, 1.82) is 0 Å². The van der Waals surface area contributed by atoms with Gasteiger partial charge in [-0.2, -0.15) is 0 Å². The van der Waals surface area contributed by atoms with Gasteiger partial charge in [0.25, 0.3) is 0 Å². The molecule has 3 rings (SSSR count). The third-order valence-electron chi connectivity index (χ3n) is 3.52. The summed E-state index contributed by atoms with van der Waals surface area (Å²) >= 11 is 7.44. The minimum Gasteiger partial charge on any atom is -0.464 e. The van der Waals surface area contributed by atoms with E-state index in [1.807, 2.05) is 48.5 Å². The second-order valence-electron chi connectivity index (χ2n) is 5.27. The minimum absolute atomic E-state index is 0.285. The number of rotatable bonds is 6. The van der Waals surface area contributed by atoms with Crippen molar-refractivity contribution < 1.29 is 9.53 Å². The molecule has 0 saturated heterocycles. The van der Waals surface area contributed by atoms with Gasteiger partial charge in [0.1, 0.15) is 6.04 Å². The van der Waals surface area contributed by atoms with E-state index in [2.05, 4.69) is 10.3 Å². The van der Waals surface area contributed by atoms with E-state index in [0.29, 0.717) is 23.2 Å². The Balaban J connectivity index is 1.81. The first-order valence-corrected chi connectivity index (χ1v) is 8.88. The van der Waals surface area contributed by atoms with Crippen molar-refractivity contribution in [2.75, 3.05) is 11.9 Å². The number of halogens is 1. The van der Waals surface area contributed by atoms with E-state index in [4.69, 9.17) is 16.3 Å². The molecule has 1 N–H and O–H groups in total. The Labute approximate surface area is 149 Å². The highest BCUT2D eigenvalue weighted by molar-refractivity contribution is 7.22. The van der Waals surface area contributed by atoms with Crippen LogP contribution in [0.1, 0.15) is 12.5 Å². The van der Waals surface area contributed by atoms with Crippen LogP contribution in [0.3, 0.4) is 0 Å². The van der Waals surface area contributed by atoms with Crippen LogP contribution in [0.4, 0.5) is 5.13 Å². The quantitative estimate of drug-likeness (QED) is 0.656. The Kier molecular flexibility index (Phi) is 5.33. The standard InChI is InChI=1S/C18H17ClN2O2S/c1-2-23-17(22)15(11-12-7-9-13(19)10-8-12)21-18-20-14-5-3-4-6-16(14)24-18/h3-10,15H,2,11H2,1H3,(H,20,21)/t15-/m1/s1. The molecule has 0 radical (unpaired) electrons. The number of benzene rings is 2. The van der Waals surface area contributed by atoms with Gasteiger partial charge in [-0.1, -0.05) is 47.2 Å². The molecule has 3 aromatic rings. The molecule has 0 amide bonds. The number of hydrogen-bond acceptors (Lipinski definition) is 5. The lowest BCUT2D eigenvalue weighted by molar-refractivity contribution is -0.144. The van der Waals surface area contributed by atoms with Crippen molar-refractivity contribution in [3.8, 4) is 0 Å². The SMILES string of the molecule is CCOC(=O)[C@@H](Cc1ccc(Cl)cc1)Nc1nc2ccccc2s1. The number of hydrogen-bond donors (Lipinski definition) is 1. The van der Waals surface area contributed by atoms with E-state index >= 15 is 0 Å². The molecular weight excluding hydrogens is 344 g/mol. The Hall–Kier alpha value is -2.11. The summed E-state index contributed by atoms with van der Waals surface area (Å²) in [5.74, 6) is -0.285. The summed E-state index contributed by atoms with van der Waals surface area (Å²) in [7, 11) is 0. The zero-order chi connectivity index (χ0) is 16.9. The maximum atomic E-state index is 12.3. The first-order chi connectivity index (χ1) is 11.7. The Morgan fingerprint density at radius 2 is 2.00 bits per heavy atom. The van der Waals surface area contributed by atoms with Crippen molar-refractivity contribution in [1.82, 2.24) is 4.98 Å². The molecule has 0 aliphatic rings. The number of aromatic nitrogens is 1. The summed E-state index contributed by atoms with van der Waals surface area (Å²) in [6.07, 6.45) is 0.506. The normalized spacial score (nSPS) is 12.1. The first-order valence-electron chi connectivity index (χ1n) is 7.69. The summed E-state index contributed by atoms with van der Waals surface area (Å²) in [6, 6.07) is 14.8. The third-order valence-corrected chi connectivity index (χ3v) is 4.74. The van der Waals surface area contributed by atoms with Gasteiger partial charge in [-0.15, -0.1) is 0 Å². The number of nitrogens with zero attached hydrogens (tertiary/aromatic N) is 1. The summed E-state index contributed by atoms with van der Waals surface area (Å²) in [5, 5.41) is 4.60. The molecule has 24 heavy (non-hydrogen) atoms. The number of para-hydroxylation sites is 1. The van der Waals surface area contributed by atoms with Gasteiger partial charge >= 0.3 is 5.97 Å². The molecule has 0 spiro atoms. The lowest BCUT2D eigenvalue weighted by Gasteiger charge is -2.16. The number of nitrogens with one attached hydrogen (secondary N) is 1. The van der Waals surface area contributed by atoms with Crippen molar-refractivity contribution in [3.63, 3.8) is 0 Å². The average Bonchev–Trinajstić information content (AvgIpc) is 2.99. The zero-order valence-corrected chi connectivity index (χ0v) is 14.7. The topological polar surface area (TPSA) is 51.2 Å². The molecule has 0 saturated carbocycles. The Bertz CT molecular complexity index is 799. The van der Waals surface area contributed by atoms with Gasteiger partial charge in [0.15, 0.2) is 5.13 Å². The average molecular weight is 361 g/mol. The van der Waals surface area contributed by atoms with E-state index in [1.165, 1.54) is 11.3 Å². The van der Waals surface area contributed by atoms with Crippen LogP contribution in [-0.2, 0) is 16.0 Å². The van der Waals surface area contributed by atoms with Gasteiger partial charge < -0.3 is 10.1 Å². The molecule has 0 unspecified atom stereocenters. The van der Waals surface area contributed by atoms with Gasteiger partial charge in [0, 0.05) is 11.4 Å². The fourth-order valence-corrected chi connectivity index (χ4v) is 3.42. The summed E-state index contributed by atoms with van der Waals surface area (Å²) in [6.45, 7) is 2.15. The smallest absolute Gasteiger partial charge is 0.328 e. The lowest BCUT2D eigenvalue weighted by Crippen LogP contribution is -2.33. The number of fused-ring (bicyclic) bond motifs is 1. The summed E-state index contributed by atoms with van der Waals surface area (Å²) in [4.78, 5) is 16.8. The van der Waals surface area contributed by atoms with Crippen LogP contribution in [0.15, 0.2) is 48.5 Å². The fraction of sp³-hybridized carbons (Fsp3) is 0.222. The molecule has 0 bridgehead atoms. The summed E-state index contributed by atoms with van der Waals surface area (Å²) in [5.41, 5.74) is 1.92. The highest BCUT2D eigenvalue weighted by atomic mass is 35.5. The molecule has 124 valence electrons. The molecule has 1 heterocycles. The van der Waals surface area contributed by atoms with Crippen LogP contribution in [0.5, 0.6) is 0 Å². The summed E-state index contributed by atoms with van der Waals surface area (Å²) < 4.78 is 6.27. The highest BCUT2D eigenvalue weighted by Gasteiger charge is 2.21. The molecule has 4 nitrogen and oxygen atoms in total. The van der Waals surface area contributed by atoms with Gasteiger partial charge in [0.2, 0.25) is 0 Å². The maximum absolute atomic E-state index is 12.3. The molecule has 1 aromatic heterocycles. The molecule has 0 fully saturated rings. The minimum atomic E-state index is -0.494. The number of ether oxygens (including phenoxy) is 1. The molecule has 6 heteroatoms. The van der Waals surface area contributed by atoms with Crippen LogP contribution < -0.4 is 5.32 Å². The van der Waals surface area contributed by atoms with Crippen molar-refractivity contribution in [3.05, 3.63) is 59.1 Å². The predicted molar refractivity (Wildman–Crippen MR) is 98.8 cm³/mol. The number of esters is 1. The van der Waals surface area contributed by atoms with Crippen LogP contribution >= 0.6 is 22.9 Å². The van der Waals surface area contributed by atoms with E-state index in [9.17, 15) is 4.79 Å². The van der Waals surface area contributed by atoms with Crippen LogP contribution in [0, 0.1) is 0 Å².